The van der Waals surface area contributed by atoms with E-state index in [9.17, 15) is 0 Å². The lowest BCUT2D eigenvalue weighted by molar-refractivity contribution is 0.481. The van der Waals surface area contributed by atoms with Gasteiger partial charge in [-0.15, -0.1) is 0 Å². The minimum absolute atomic E-state index is 0.127. The molecule has 0 saturated heterocycles. The van der Waals surface area contributed by atoms with Gasteiger partial charge in [0.15, 0.2) is 5.75 Å². The molecule has 0 spiro atoms. The zero-order valence-electron chi connectivity index (χ0n) is 5.15. The Morgan fingerprint density at radius 1 is 1.60 bits per heavy atom. The summed E-state index contributed by atoms with van der Waals surface area (Å²) in [6.07, 6.45) is 2.88. The Balaban J connectivity index is 3.12. The highest BCUT2D eigenvalue weighted by atomic mass is 16.3. The van der Waals surface area contributed by atoms with Gasteiger partial charge in [-0.05, 0) is 0 Å². The normalized spacial score (nSPS) is 10.8. The Labute approximate surface area is 56.4 Å². The summed E-state index contributed by atoms with van der Waals surface area (Å²) in [6.45, 7) is 3.61. The highest BCUT2D eigenvalue weighted by Gasteiger charge is 2.02. The van der Waals surface area contributed by atoms with Gasteiger partial charge in [0, 0.05) is 0 Å². The Bertz CT molecular complexity index is 406. The molecular weight excluding hydrogens is 130 g/mol. The van der Waals surface area contributed by atoms with Gasteiger partial charge >= 0.3 is 0 Å². The summed E-state index contributed by atoms with van der Waals surface area (Å²) in [4.78, 5) is 3.85. The summed E-state index contributed by atoms with van der Waals surface area (Å²) in [5, 5.41) is 13.5. The molecular formula is C6H5N3O. The Hall–Kier alpha value is -1.58. The second-order valence-corrected chi connectivity index (χ2v) is 2.01. The number of rotatable bonds is 0. The van der Waals surface area contributed by atoms with Crippen molar-refractivity contribution >= 4 is 12.1 Å². The third-order valence-electron chi connectivity index (χ3n) is 1.37. The fourth-order valence-corrected chi connectivity index (χ4v) is 0.906. The molecule has 0 radical (unpaired) electrons. The second kappa shape index (κ2) is 1.47. The van der Waals surface area contributed by atoms with Gasteiger partial charge < -0.3 is 5.11 Å². The van der Waals surface area contributed by atoms with Gasteiger partial charge in [-0.3, -0.25) is 0 Å². The average molecular weight is 135 g/mol. The Morgan fingerprint density at radius 2 is 2.40 bits per heavy atom. The van der Waals surface area contributed by atoms with Gasteiger partial charge in [-0.2, -0.15) is 5.10 Å². The fraction of sp³-hybridized carbons (Fsp3) is 0. The van der Waals surface area contributed by atoms with Crippen LogP contribution in [0.15, 0.2) is 12.5 Å². The van der Waals surface area contributed by atoms with Crippen LogP contribution < -0.4 is 5.35 Å². The maximum Gasteiger partial charge on any atom is 0.163 e. The lowest BCUT2D eigenvalue weighted by atomic mass is 10.5. The SMILES string of the molecule is C=c1ncn2ncc(O)c12. The average Bonchev–Trinajstić information content (AvgIpc) is 2.40. The zero-order valence-corrected chi connectivity index (χ0v) is 5.15. The van der Waals surface area contributed by atoms with Crippen molar-refractivity contribution in [2.75, 3.05) is 0 Å². The van der Waals surface area contributed by atoms with Gasteiger partial charge in [0.1, 0.15) is 11.8 Å². The van der Waals surface area contributed by atoms with Crippen LogP contribution in [-0.4, -0.2) is 19.7 Å². The van der Waals surface area contributed by atoms with E-state index in [0.717, 1.165) is 0 Å². The van der Waals surface area contributed by atoms with Crippen LogP contribution in [0.3, 0.4) is 0 Å². The van der Waals surface area contributed by atoms with E-state index >= 15 is 0 Å². The van der Waals surface area contributed by atoms with Crippen LogP contribution in [0.4, 0.5) is 0 Å². The minimum Gasteiger partial charge on any atom is -0.504 e. The molecule has 0 aromatic carbocycles. The van der Waals surface area contributed by atoms with Gasteiger partial charge in [-0.1, -0.05) is 6.58 Å². The topological polar surface area (TPSA) is 50.4 Å². The molecule has 1 N–H and O–H groups in total. The number of hydrogen-bond donors (Lipinski definition) is 1. The van der Waals surface area contributed by atoms with E-state index in [-0.39, 0.29) is 5.75 Å². The van der Waals surface area contributed by atoms with Crippen LogP contribution in [0.5, 0.6) is 5.75 Å². The molecule has 0 unspecified atom stereocenters. The first-order valence-electron chi connectivity index (χ1n) is 2.79. The summed E-state index contributed by atoms with van der Waals surface area (Å²) in [7, 11) is 0. The van der Waals surface area contributed by atoms with Crippen molar-refractivity contribution in [1.29, 1.82) is 0 Å². The first-order valence-corrected chi connectivity index (χ1v) is 2.79. The molecule has 0 bridgehead atoms. The van der Waals surface area contributed by atoms with E-state index in [4.69, 9.17) is 5.11 Å². The Kier molecular flexibility index (Phi) is 0.768. The highest BCUT2D eigenvalue weighted by molar-refractivity contribution is 5.57. The first-order chi connectivity index (χ1) is 4.79. The molecule has 0 saturated carbocycles. The summed E-state index contributed by atoms with van der Waals surface area (Å²) in [5.74, 6) is 0.127. The highest BCUT2D eigenvalue weighted by Crippen LogP contribution is 2.10. The third kappa shape index (κ3) is 0.452. The monoisotopic (exact) mass is 135 g/mol. The Morgan fingerprint density at radius 3 is 3.10 bits per heavy atom. The van der Waals surface area contributed by atoms with Gasteiger partial charge in [0.05, 0.1) is 11.5 Å². The smallest absolute Gasteiger partial charge is 0.163 e. The zero-order chi connectivity index (χ0) is 7.14. The number of nitrogens with zero attached hydrogens (tertiary/aromatic N) is 3. The molecule has 50 valence electrons. The first kappa shape index (κ1) is 5.22. The number of fused-ring (bicyclic) bond motifs is 1. The lowest BCUT2D eigenvalue weighted by Gasteiger charge is -1.77. The summed E-state index contributed by atoms with van der Waals surface area (Å²) in [5.41, 5.74) is 0.583. The summed E-state index contributed by atoms with van der Waals surface area (Å²) in [6, 6.07) is 0. The molecule has 2 heterocycles. The predicted molar refractivity (Wildman–Crippen MR) is 35.4 cm³/mol. The molecule has 2 aromatic heterocycles. The van der Waals surface area contributed by atoms with E-state index in [1.165, 1.54) is 17.0 Å². The lowest BCUT2D eigenvalue weighted by Crippen LogP contribution is -1.95. The standard InChI is InChI=1S/C6H5N3O/c1-4-6-5(10)2-8-9(6)3-7-4/h2-3,10H,1H2. The van der Waals surface area contributed by atoms with E-state index in [1.54, 1.807) is 0 Å². The third-order valence-corrected chi connectivity index (χ3v) is 1.37. The molecule has 0 amide bonds. The molecule has 2 aromatic rings. The van der Waals surface area contributed by atoms with Crippen molar-refractivity contribution in [1.82, 2.24) is 14.6 Å². The van der Waals surface area contributed by atoms with Crippen LogP contribution in [-0.2, 0) is 0 Å². The van der Waals surface area contributed by atoms with E-state index < -0.39 is 0 Å². The molecule has 0 aliphatic carbocycles. The summed E-state index contributed by atoms with van der Waals surface area (Å²) < 4.78 is 1.48. The predicted octanol–water partition coefficient (Wildman–Crippen LogP) is -0.436. The number of hydrogen-bond acceptors (Lipinski definition) is 3. The van der Waals surface area contributed by atoms with Crippen LogP contribution in [0, 0.1) is 0 Å². The van der Waals surface area contributed by atoms with Crippen molar-refractivity contribution in [3.63, 3.8) is 0 Å². The van der Waals surface area contributed by atoms with E-state index in [1.807, 2.05) is 0 Å². The van der Waals surface area contributed by atoms with Crippen LogP contribution in [0.2, 0.25) is 0 Å². The van der Waals surface area contributed by atoms with Crippen molar-refractivity contribution in [3.8, 4) is 5.75 Å². The molecule has 4 heteroatoms. The van der Waals surface area contributed by atoms with Crippen molar-refractivity contribution < 1.29 is 5.11 Å². The van der Waals surface area contributed by atoms with Crippen LogP contribution >= 0.6 is 0 Å². The van der Waals surface area contributed by atoms with Crippen LogP contribution in [0.25, 0.3) is 12.1 Å². The van der Waals surface area contributed by atoms with Crippen molar-refractivity contribution in [3.05, 3.63) is 17.9 Å². The van der Waals surface area contributed by atoms with Crippen molar-refractivity contribution in [2.24, 2.45) is 0 Å². The van der Waals surface area contributed by atoms with Gasteiger partial charge in [0.2, 0.25) is 0 Å². The van der Waals surface area contributed by atoms with Gasteiger partial charge in [0.25, 0.3) is 0 Å². The molecule has 10 heavy (non-hydrogen) atoms. The maximum absolute atomic E-state index is 9.12. The molecule has 4 nitrogen and oxygen atoms in total. The number of aromatic nitrogens is 3. The number of aromatic hydroxyl groups is 1. The van der Waals surface area contributed by atoms with Gasteiger partial charge in [-0.25, -0.2) is 9.50 Å². The fourth-order valence-electron chi connectivity index (χ4n) is 0.906. The quantitative estimate of drug-likeness (QED) is 0.533. The molecule has 0 fully saturated rings. The summed E-state index contributed by atoms with van der Waals surface area (Å²) >= 11 is 0. The van der Waals surface area contributed by atoms with E-state index in [0.29, 0.717) is 10.9 Å². The molecule has 0 atom stereocenters. The maximum atomic E-state index is 9.12. The molecule has 0 aliphatic heterocycles. The largest absolute Gasteiger partial charge is 0.504 e. The van der Waals surface area contributed by atoms with E-state index in [2.05, 4.69) is 16.7 Å². The van der Waals surface area contributed by atoms with Crippen LogP contribution in [0.1, 0.15) is 0 Å². The number of imidazole rings is 1. The molecule has 0 aliphatic rings. The second-order valence-electron chi connectivity index (χ2n) is 2.01. The van der Waals surface area contributed by atoms with Crippen molar-refractivity contribution in [2.45, 2.75) is 0 Å². The minimum atomic E-state index is 0.127. The molecule has 2 rings (SSSR count).